The molecule has 1 fully saturated rings. The number of fused-ring (bicyclic) bond motifs is 1. The van der Waals surface area contributed by atoms with Gasteiger partial charge in [-0.2, -0.15) is 0 Å². The molecule has 4 heterocycles. The van der Waals surface area contributed by atoms with Gasteiger partial charge in [0, 0.05) is 43.0 Å². The van der Waals surface area contributed by atoms with Crippen molar-refractivity contribution in [3.05, 3.63) is 72.4 Å². The molecule has 7 nitrogen and oxygen atoms in total. The van der Waals surface area contributed by atoms with Gasteiger partial charge in [0.1, 0.15) is 5.65 Å². The van der Waals surface area contributed by atoms with Gasteiger partial charge in [-0.15, -0.1) is 0 Å². The zero-order valence-electron chi connectivity index (χ0n) is 19.0. The Kier molecular flexibility index (Phi) is 6.20. The van der Waals surface area contributed by atoms with Crippen LogP contribution in [0.5, 0.6) is 0 Å². The number of hydrogen-bond acceptors (Lipinski definition) is 5. The lowest BCUT2D eigenvalue weighted by atomic mass is 9.94. The van der Waals surface area contributed by atoms with Crippen LogP contribution >= 0.6 is 0 Å². The Bertz CT molecular complexity index is 1290. The number of carbonyl (C=O) groups excluding carboxylic acids is 1. The third-order valence-corrected chi connectivity index (χ3v) is 6.49. The predicted molar refractivity (Wildman–Crippen MR) is 130 cm³/mol. The number of anilines is 1. The van der Waals surface area contributed by atoms with E-state index in [2.05, 4.69) is 25.3 Å². The molecule has 0 spiro atoms. The molecular weight excluding hydrogens is 431 g/mol. The van der Waals surface area contributed by atoms with Gasteiger partial charge in [-0.05, 0) is 43.4 Å². The smallest absolute Gasteiger partial charge is 0.229 e. The van der Waals surface area contributed by atoms with Gasteiger partial charge >= 0.3 is 0 Å². The Morgan fingerprint density at radius 3 is 2.94 bits per heavy atom. The number of benzene rings is 1. The fourth-order valence-corrected chi connectivity index (χ4v) is 4.59. The number of halogens is 1. The topological polar surface area (TPSA) is 86.8 Å². The van der Waals surface area contributed by atoms with Crippen LogP contribution in [0, 0.1) is 11.7 Å². The van der Waals surface area contributed by atoms with E-state index >= 15 is 0 Å². The molecule has 0 radical (unpaired) electrons. The van der Waals surface area contributed by atoms with Crippen molar-refractivity contribution in [3.8, 4) is 11.4 Å². The summed E-state index contributed by atoms with van der Waals surface area (Å²) in [7, 11) is 0. The number of H-pyrrole nitrogens is 1. The molecule has 174 valence electrons. The summed E-state index contributed by atoms with van der Waals surface area (Å²) in [6, 6.07) is 13.6. The number of nitrogens with zero attached hydrogens (tertiary/aromatic N) is 4. The Morgan fingerprint density at radius 2 is 2.09 bits per heavy atom. The average molecular weight is 459 g/mol. The van der Waals surface area contributed by atoms with Crippen molar-refractivity contribution >= 4 is 22.8 Å². The van der Waals surface area contributed by atoms with E-state index in [1.807, 2.05) is 54.3 Å². The van der Waals surface area contributed by atoms with Crippen LogP contribution in [-0.2, 0) is 4.79 Å². The zero-order valence-corrected chi connectivity index (χ0v) is 19.0. The maximum atomic E-state index is 14.5. The first-order valence-electron chi connectivity index (χ1n) is 11.6. The van der Waals surface area contributed by atoms with Crippen LogP contribution in [0.25, 0.3) is 22.4 Å². The summed E-state index contributed by atoms with van der Waals surface area (Å²) in [5.74, 6) is 0.281. The van der Waals surface area contributed by atoms with Crippen LogP contribution in [0.1, 0.15) is 31.2 Å². The first kappa shape index (κ1) is 22.0. The highest BCUT2D eigenvalue weighted by atomic mass is 19.1. The van der Waals surface area contributed by atoms with Crippen LogP contribution < -0.4 is 5.32 Å². The van der Waals surface area contributed by atoms with E-state index < -0.39 is 5.82 Å². The van der Waals surface area contributed by atoms with Crippen LogP contribution in [0.3, 0.4) is 0 Å². The van der Waals surface area contributed by atoms with Crippen molar-refractivity contribution in [2.75, 3.05) is 25.0 Å². The van der Waals surface area contributed by atoms with E-state index in [4.69, 9.17) is 0 Å². The highest BCUT2D eigenvalue weighted by Crippen LogP contribution is 2.27. The first-order chi connectivity index (χ1) is 16.6. The van der Waals surface area contributed by atoms with Crippen LogP contribution in [-0.4, -0.2) is 50.4 Å². The number of hydrogen-bond donors (Lipinski definition) is 2. The Balaban J connectivity index is 1.26. The third kappa shape index (κ3) is 4.48. The minimum atomic E-state index is -0.497. The molecule has 1 aliphatic rings. The van der Waals surface area contributed by atoms with Crippen LogP contribution in [0.4, 0.5) is 10.2 Å². The molecule has 2 N–H and O–H groups in total. The van der Waals surface area contributed by atoms with E-state index in [-0.39, 0.29) is 23.6 Å². The highest BCUT2D eigenvalue weighted by Gasteiger charge is 2.27. The van der Waals surface area contributed by atoms with Gasteiger partial charge in [0.25, 0.3) is 0 Å². The maximum absolute atomic E-state index is 14.5. The van der Waals surface area contributed by atoms with Gasteiger partial charge in [-0.1, -0.05) is 30.3 Å². The van der Waals surface area contributed by atoms with Crippen molar-refractivity contribution in [1.29, 1.82) is 0 Å². The summed E-state index contributed by atoms with van der Waals surface area (Å²) < 4.78 is 14.5. The van der Waals surface area contributed by atoms with Gasteiger partial charge in [-0.3, -0.25) is 4.79 Å². The summed E-state index contributed by atoms with van der Waals surface area (Å²) >= 11 is 0. The standard InChI is InChI=1S/C26H27FN6O/c1-17(19-8-3-2-4-9-19)26(34)33-12-6-7-18(16-33)13-29-25-22(27)15-31-24(32-25)21-14-30-23-20(21)10-5-11-28-23/h2-5,8-11,14-15,17-18H,6-7,12-13,16H2,1H3,(H,28,30)(H,29,31,32)/t17-,18?/m1/s1. The molecular formula is C26H27FN6O. The molecule has 2 atom stereocenters. The Hall–Kier alpha value is -3.81. The highest BCUT2D eigenvalue weighted by molar-refractivity contribution is 5.91. The van der Waals surface area contributed by atoms with E-state index in [1.165, 1.54) is 6.20 Å². The van der Waals surface area contributed by atoms with Gasteiger partial charge in [-0.25, -0.2) is 19.3 Å². The second-order valence-corrected chi connectivity index (χ2v) is 8.80. The first-order valence-corrected chi connectivity index (χ1v) is 11.6. The fourth-order valence-electron chi connectivity index (χ4n) is 4.59. The lowest BCUT2D eigenvalue weighted by Gasteiger charge is -2.34. The number of rotatable bonds is 6. The third-order valence-electron chi connectivity index (χ3n) is 6.49. The predicted octanol–water partition coefficient (Wildman–Crippen LogP) is 4.61. The number of piperidine rings is 1. The quantitative estimate of drug-likeness (QED) is 0.441. The molecule has 4 aromatic rings. The molecule has 1 saturated heterocycles. The summed E-state index contributed by atoms with van der Waals surface area (Å²) in [5, 5.41) is 4.05. The monoisotopic (exact) mass is 458 g/mol. The lowest BCUT2D eigenvalue weighted by Crippen LogP contribution is -2.43. The molecule has 1 aromatic carbocycles. The van der Waals surface area contributed by atoms with Crippen molar-refractivity contribution < 1.29 is 9.18 Å². The van der Waals surface area contributed by atoms with Gasteiger partial charge < -0.3 is 15.2 Å². The fraction of sp³-hybridized carbons (Fsp3) is 0.308. The van der Waals surface area contributed by atoms with Crippen LogP contribution in [0.15, 0.2) is 61.1 Å². The number of pyridine rings is 1. The summed E-state index contributed by atoms with van der Waals surface area (Å²) in [5.41, 5.74) is 2.53. The average Bonchev–Trinajstić information content (AvgIpc) is 3.32. The van der Waals surface area contributed by atoms with Gasteiger partial charge in [0.2, 0.25) is 5.91 Å². The molecule has 0 aliphatic carbocycles. The molecule has 5 rings (SSSR count). The number of aromatic nitrogens is 4. The number of amides is 1. The van der Waals surface area contributed by atoms with Gasteiger partial charge in [0.15, 0.2) is 17.5 Å². The van der Waals surface area contributed by atoms with Crippen LogP contribution in [0.2, 0.25) is 0 Å². The summed E-state index contributed by atoms with van der Waals surface area (Å²) in [6.07, 6.45) is 6.59. The van der Waals surface area contributed by atoms with E-state index in [0.29, 0.717) is 18.9 Å². The summed E-state index contributed by atoms with van der Waals surface area (Å²) in [4.78, 5) is 31.0. The zero-order chi connectivity index (χ0) is 23.5. The van der Waals surface area contributed by atoms with Crippen molar-refractivity contribution in [2.24, 2.45) is 5.92 Å². The normalized spacial score (nSPS) is 17.0. The Morgan fingerprint density at radius 1 is 1.24 bits per heavy atom. The Labute approximate surface area is 197 Å². The maximum Gasteiger partial charge on any atom is 0.229 e. The molecule has 34 heavy (non-hydrogen) atoms. The van der Waals surface area contributed by atoms with Crippen molar-refractivity contribution in [2.45, 2.75) is 25.7 Å². The largest absolute Gasteiger partial charge is 0.367 e. The second-order valence-electron chi connectivity index (χ2n) is 8.80. The van der Waals surface area contributed by atoms with E-state index in [9.17, 15) is 9.18 Å². The summed E-state index contributed by atoms with van der Waals surface area (Å²) in [6.45, 7) is 3.90. The number of aromatic amines is 1. The van der Waals surface area contributed by atoms with Crippen molar-refractivity contribution in [1.82, 2.24) is 24.8 Å². The molecule has 0 bridgehead atoms. The molecule has 8 heteroatoms. The molecule has 1 unspecified atom stereocenters. The molecule has 1 amide bonds. The SMILES string of the molecule is C[C@@H](C(=O)N1CCCC(CNc2nc(-c3c[nH]c4ncccc34)ncc2F)C1)c1ccccc1. The lowest BCUT2D eigenvalue weighted by molar-refractivity contribution is -0.134. The molecule has 1 aliphatic heterocycles. The van der Waals surface area contributed by atoms with E-state index in [0.717, 1.165) is 41.5 Å². The number of likely N-dealkylation sites (tertiary alicyclic amines) is 1. The van der Waals surface area contributed by atoms with Crippen molar-refractivity contribution in [3.63, 3.8) is 0 Å². The molecule has 3 aromatic heterocycles. The molecule has 0 saturated carbocycles. The second kappa shape index (κ2) is 9.59. The number of carbonyl (C=O) groups is 1. The minimum Gasteiger partial charge on any atom is -0.367 e. The minimum absolute atomic E-state index is 0.138. The number of nitrogens with one attached hydrogen (secondary N) is 2. The van der Waals surface area contributed by atoms with E-state index in [1.54, 1.807) is 12.4 Å². The van der Waals surface area contributed by atoms with Gasteiger partial charge in [0.05, 0.1) is 12.1 Å².